The van der Waals surface area contributed by atoms with Crippen LogP contribution in [0.25, 0.3) is 0 Å². The van der Waals surface area contributed by atoms with E-state index in [1.54, 1.807) is 18.4 Å². The van der Waals surface area contributed by atoms with Gasteiger partial charge < -0.3 is 4.74 Å². The van der Waals surface area contributed by atoms with Crippen molar-refractivity contribution in [2.24, 2.45) is 5.41 Å². The molecule has 0 fully saturated rings. The minimum Gasteiger partial charge on any atom is -0.493 e. The maximum absolute atomic E-state index is 11.9. The molecule has 1 aliphatic rings. The second-order valence-electron chi connectivity index (χ2n) is 5.12. The lowest BCUT2D eigenvalue weighted by molar-refractivity contribution is -0.123. The van der Waals surface area contributed by atoms with Gasteiger partial charge >= 0.3 is 0 Å². The summed E-state index contributed by atoms with van der Waals surface area (Å²) in [4.78, 5) is 11.9. The average Bonchev–Trinajstić information content (AvgIpc) is 2.20. The monoisotopic (exact) mass is 220 g/mol. The molecule has 0 aromatic carbocycles. The zero-order valence-electron chi connectivity index (χ0n) is 10.5. The molecule has 0 spiro atoms. The molecule has 2 heteroatoms. The summed E-state index contributed by atoms with van der Waals surface area (Å²) in [5.41, 5.74) is 1.72. The van der Waals surface area contributed by atoms with Crippen LogP contribution in [-0.4, -0.2) is 11.9 Å². The highest BCUT2D eigenvalue weighted by Crippen LogP contribution is 2.32. The van der Waals surface area contributed by atoms with Crippen LogP contribution >= 0.6 is 0 Å². The predicted molar refractivity (Wildman–Crippen MR) is 66.0 cm³/mol. The number of hydrogen-bond donors (Lipinski definition) is 0. The molecule has 1 heterocycles. The van der Waals surface area contributed by atoms with Crippen LogP contribution in [0.2, 0.25) is 0 Å². The molecule has 0 N–H and O–H groups in total. The maximum atomic E-state index is 11.9. The fourth-order valence-corrected chi connectivity index (χ4v) is 1.52. The van der Waals surface area contributed by atoms with Gasteiger partial charge in [-0.2, -0.15) is 0 Å². The molecule has 88 valence electrons. The first-order valence-electron chi connectivity index (χ1n) is 5.53. The SMILES string of the molecule is C=C(C)C=CC(=O)C(C)(C)CC1OC=C1C. The normalized spacial score (nSPS) is 20.0. The molecule has 0 amide bonds. The Morgan fingerprint density at radius 1 is 1.56 bits per heavy atom. The van der Waals surface area contributed by atoms with Crippen molar-refractivity contribution in [2.45, 2.75) is 40.2 Å². The summed E-state index contributed by atoms with van der Waals surface area (Å²) in [5, 5.41) is 0. The average molecular weight is 220 g/mol. The van der Waals surface area contributed by atoms with Crippen molar-refractivity contribution in [3.63, 3.8) is 0 Å². The largest absolute Gasteiger partial charge is 0.493 e. The van der Waals surface area contributed by atoms with Crippen molar-refractivity contribution < 1.29 is 9.53 Å². The number of hydrogen-bond acceptors (Lipinski definition) is 2. The van der Waals surface area contributed by atoms with E-state index in [4.69, 9.17) is 4.74 Å². The first-order valence-corrected chi connectivity index (χ1v) is 5.53. The molecule has 2 nitrogen and oxygen atoms in total. The van der Waals surface area contributed by atoms with Gasteiger partial charge in [0.1, 0.15) is 6.10 Å². The molecule has 0 radical (unpaired) electrons. The zero-order chi connectivity index (χ0) is 12.3. The molecular weight excluding hydrogens is 200 g/mol. The van der Waals surface area contributed by atoms with Crippen LogP contribution in [0.4, 0.5) is 0 Å². The van der Waals surface area contributed by atoms with E-state index in [0.717, 1.165) is 12.0 Å². The standard InChI is InChI=1S/C14H20O2/c1-10(2)6-7-13(15)14(4,5)8-12-11(3)9-16-12/h6-7,9,12H,1,8H2,2-5H3. The Hall–Kier alpha value is -1.31. The van der Waals surface area contributed by atoms with Crippen LogP contribution in [0.15, 0.2) is 36.1 Å². The summed E-state index contributed by atoms with van der Waals surface area (Å²) in [5.74, 6) is 0.124. The lowest BCUT2D eigenvalue weighted by Crippen LogP contribution is -2.32. The third-order valence-corrected chi connectivity index (χ3v) is 2.81. The number of ether oxygens (including phenoxy) is 1. The summed E-state index contributed by atoms with van der Waals surface area (Å²) < 4.78 is 5.30. The summed E-state index contributed by atoms with van der Waals surface area (Å²) in [6.45, 7) is 11.5. The molecular formula is C14H20O2. The molecule has 1 rings (SSSR count). The van der Waals surface area contributed by atoms with E-state index in [0.29, 0.717) is 0 Å². The molecule has 0 aromatic rings. The predicted octanol–water partition coefficient (Wildman–Crippen LogP) is 3.41. The van der Waals surface area contributed by atoms with E-state index in [2.05, 4.69) is 6.58 Å². The highest BCUT2D eigenvalue weighted by atomic mass is 16.5. The van der Waals surface area contributed by atoms with Gasteiger partial charge in [-0.1, -0.05) is 32.1 Å². The van der Waals surface area contributed by atoms with Gasteiger partial charge in [-0.05, 0) is 19.9 Å². The van der Waals surface area contributed by atoms with Crippen molar-refractivity contribution in [3.8, 4) is 0 Å². The Morgan fingerprint density at radius 3 is 2.56 bits per heavy atom. The molecule has 1 unspecified atom stereocenters. The summed E-state index contributed by atoms with van der Waals surface area (Å²) >= 11 is 0. The van der Waals surface area contributed by atoms with Crippen molar-refractivity contribution in [2.75, 3.05) is 0 Å². The van der Waals surface area contributed by atoms with E-state index in [1.807, 2.05) is 27.7 Å². The molecule has 0 saturated heterocycles. The fourth-order valence-electron chi connectivity index (χ4n) is 1.52. The van der Waals surface area contributed by atoms with Gasteiger partial charge in [0, 0.05) is 17.4 Å². The van der Waals surface area contributed by atoms with Crippen molar-refractivity contribution >= 4 is 5.78 Å². The maximum Gasteiger partial charge on any atom is 0.161 e. The Balaban J connectivity index is 2.59. The van der Waals surface area contributed by atoms with Gasteiger partial charge in [-0.3, -0.25) is 4.79 Å². The molecule has 0 saturated carbocycles. The van der Waals surface area contributed by atoms with E-state index < -0.39 is 0 Å². The third kappa shape index (κ3) is 3.09. The summed E-state index contributed by atoms with van der Waals surface area (Å²) in [7, 11) is 0. The number of carbonyl (C=O) groups excluding carboxylic acids is 1. The number of carbonyl (C=O) groups is 1. The molecule has 0 aliphatic carbocycles. The zero-order valence-corrected chi connectivity index (χ0v) is 10.5. The van der Waals surface area contributed by atoms with Crippen LogP contribution in [0.3, 0.4) is 0 Å². The molecule has 1 atom stereocenters. The van der Waals surface area contributed by atoms with Gasteiger partial charge in [0.05, 0.1) is 6.26 Å². The summed E-state index contributed by atoms with van der Waals surface area (Å²) in [6.07, 6.45) is 5.95. The number of ketones is 1. The minimum absolute atomic E-state index is 0.108. The van der Waals surface area contributed by atoms with E-state index in [-0.39, 0.29) is 17.3 Å². The molecule has 0 bridgehead atoms. The number of rotatable bonds is 5. The smallest absolute Gasteiger partial charge is 0.161 e. The van der Waals surface area contributed by atoms with Crippen molar-refractivity contribution in [1.82, 2.24) is 0 Å². The Bertz CT molecular complexity index is 359. The minimum atomic E-state index is -0.383. The molecule has 16 heavy (non-hydrogen) atoms. The van der Waals surface area contributed by atoms with Gasteiger partial charge in [-0.15, -0.1) is 0 Å². The third-order valence-electron chi connectivity index (χ3n) is 2.81. The van der Waals surface area contributed by atoms with Crippen LogP contribution in [0, 0.1) is 5.41 Å². The van der Waals surface area contributed by atoms with Gasteiger partial charge in [0.2, 0.25) is 0 Å². The van der Waals surface area contributed by atoms with Crippen LogP contribution in [0.1, 0.15) is 34.1 Å². The Kier molecular flexibility index (Phi) is 3.74. The molecule has 0 aromatic heterocycles. The lowest BCUT2D eigenvalue weighted by atomic mass is 9.80. The second kappa shape index (κ2) is 4.69. The van der Waals surface area contributed by atoms with Crippen LogP contribution < -0.4 is 0 Å². The Morgan fingerprint density at radius 2 is 2.19 bits per heavy atom. The number of allylic oxidation sites excluding steroid dienone is 3. The van der Waals surface area contributed by atoms with E-state index >= 15 is 0 Å². The van der Waals surface area contributed by atoms with Gasteiger partial charge in [0.15, 0.2) is 5.78 Å². The first-order chi connectivity index (χ1) is 7.33. The van der Waals surface area contributed by atoms with Crippen molar-refractivity contribution in [1.29, 1.82) is 0 Å². The highest BCUT2D eigenvalue weighted by molar-refractivity contribution is 5.94. The first kappa shape index (κ1) is 12.8. The summed E-state index contributed by atoms with van der Waals surface area (Å²) in [6, 6.07) is 0. The van der Waals surface area contributed by atoms with Gasteiger partial charge in [-0.25, -0.2) is 0 Å². The van der Waals surface area contributed by atoms with Crippen molar-refractivity contribution in [3.05, 3.63) is 36.1 Å². The topological polar surface area (TPSA) is 26.3 Å². The fraction of sp³-hybridized carbons (Fsp3) is 0.500. The highest BCUT2D eigenvalue weighted by Gasteiger charge is 2.33. The van der Waals surface area contributed by atoms with E-state index in [1.165, 1.54) is 5.57 Å². The Labute approximate surface area is 97.7 Å². The molecule has 1 aliphatic heterocycles. The quantitative estimate of drug-likeness (QED) is 0.524. The van der Waals surface area contributed by atoms with Crippen LogP contribution in [-0.2, 0) is 9.53 Å². The lowest BCUT2D eigenvalue weighted by Gasteiger charge is -2.32. The second-order valence-corrected chi connectivity index (χ2v) is 5.12. The van der Waals surface area contributed by atoms with Gasteiger partial charge in [0.25, 0.3) is 0 Å². The van der Waals surface area contributed by atoms with E-state index in [9.17, 15) is 4.79 Å². The van der Waals surface area contributed by atoms with Crippen LogP contribution in [0.5, 0.6) is 0 Å².